The lowest BCUT2D eigenvalue weighted by molar-refractivity contribution is 0.572. The summed E-state index contributed by atoms with van der Waals surface area (Å²) in [5, 5.41) is 3.50. The van der Waals surface area contributed by atoms with E-state index in [2.05, 4.69) is 53.2 Å². The zero-order valence-electron chi connectivity index (χ0n) is 10.4. The molecular weight excluding hydrogens is 210 g/mol. The van der Waals surface area contributed by atoms with Crippen LogP contribution in [0.1, 0.15) is 31.0 Å². The highest BCUT2D eigenvalue weighted by Gasteiger charge is 2.04. The lowest BCUT2D eigenvalue weighted by Gasteiger charge is -2.12. The Morgan fingerprint density at radius 2 is 2.29 bits per heavy atom. The summed E-state index contributed by atoms with van der Waals surface area (Å²) < 4.78 is 2.19. The Labute approximate surface area is 103 Å². The highest BCUT2D eigenvalue weighted by Crippen LogP contribution is 2.11. The molecule has 0 aliphatic rings. The van der Waals surface area contributed by atoms with E-state index in [1.165, 1.54) is 11.1 Å². The van der Waals surface area contributed by atoms with Crippen molar-refractivity contribution in [2.24, 2.45) is 0 Å². The van der Waals surface area contributed by atoms with Crippen molar-refractivity contribution < 1.29 is 0 Å². The van der Waals surface area contributed by atoms with Crippen molar-refractivity contribution in [2.75, 3.05) is 0 Å². The minimum Gasteiger partial charge on any atom is -0.354 e. The van der Waals surface area contributed by atoms with E-state index in [0.29, 0.717) is 6.04 Å². The molecule has 1 atom stereocenters. The standard InChI is InChI=1S/C14H19N3/c1-3-17-8-6-13(11-17)9-16-12(2)14-5-4-7-15-10-14/h4-8,10-12,16H,3,9H2,1-2H3. The monoisotopic (exact) mass is 229 g/mol. The summed E-state index contributed by atoms with van der Waals surface area (Å²) >= 11 is 0. The van der Waals surface area contributed by atoms with Crippen LogP contribution in [-0.2, 0) is 13.1 Å². The Bertz CT molecular complexity index is 448. The number of pyridine rings is 1. The van der Waals surface area contributed by atoms with Crippen molar-refractivity contribution in [1.82, 2.24) is 14.9 Å². The third-order valence-electron chi connectivity index (χ3n) is 2.97. The average molecular weight is 229 g/mol. The normalized spacial score (nSPS) is 12.6. The van der Waals surface area contributed by atoms with Gasteiger partial charge < -0.3 is 9.88 Å². The molecule has 90 valence electrons. The highest BCUT2D eigenvalue weighted by atomic mass is 14.9. The quantitative estimate of drug-likeness (QED) is 0.854. The van der Waals surface area contributed by atoms with Gasteiger partial charge >= 0.3 is 0 Å². The Morgan fingerprint density at radius 1 is 1.41 bits per heavy atom. The van der Waals surface area contributed by atoms with Gasteiger partial charge in [0.1, 0.15) is 0 Å². The van der Waals surface area contributed by atoms with Crippen molar-refractivity contribution in [2.45, 2.75) is 33.0 Å². The number of nitrogens with one attached hydrogen (secondary N) is 1. The van der Waals surface area contributed by atoms with Crippen molar-refractivity contribution in [3.05, 3.63) is 54.1 Å². The van der Waals surface area contributed by atoms with E-state index in [0.717, 1.165) is 13.1 Å². The SMILES string of the molecule is CCn1ccc(CNC(C)c2cccnc2)c1. The van der Waals surface area contributed by atoms with Crippen molar-refractivity contribution in [1.29, 1.82) is 0 Å². The van der Waals surface area contributed by atoms with Crippen LogP contribution in [0.4, 0.5) is 0 Å². The lowest BCUT2D eigenvalue weighted by atomic mass is 10.1. The van der Waals surface area contributed by atoms with Crippen LogP contribution in [0.2, 0.25) is 0 Å². The van der Waals surface area contributed by atoms with Gasteiger partial charge in [-0.1, -0.05) is 6.07 Å². The van der Waals surface area contributed by atoms with Crippen LogP contribution in [-0.4, -0.2) is 9.55 Å². The van der Waals surface area contributed by atoms with E-state index in [9.17, 15) is 0 Å². The number of rotatable bonds is 5. The molecule has 0 saturated heterocycles. The Balaban J connectivity index is 1.90. The molecule has 1 unspecified atom stereocenters. The molecule has 0 radical (unpaired) electrons. The molecule has 0 bridgehead atoms. The number of hydrogen-bond donors (Lipinski definition) is 1. The largest absolute Gasteiger partial charge is 0.354 e. The summed E-state index contributed by atoms with van der Waals surface area (Å²) in [7, 11) is 0. The zero-order valence-corrected chi connectivity index (χ0v) is 10.4. The molecule has 3 heteroatoms. The van der Waals surface area contributed by atoms with E-state index in [1.807, 2.05) is 12.3 Å². The third kappa shape index (κ3) is 3.17. The van der Waals surface area contributed by atoms with Crippen LogP contribution >= 0.6 is 0 Å². The molecule has 0 aliphatic heterocycles. The molecule has 0 fully saturated rings. The smallest absolute Gasteiger partial charge is 0.0315 e. The molecule has 2 aromatic heterocycles. The molecule has 1 N–H and O–H groups in total. The van der Waals surface area contributed by atoms with Gasteiger partial charge in [-0.2, -0.15) is 0 Å². The second-order valence-corrected chi connectivity index (χ2v) is 4.24. The van der Waals surface area contributed by atoms with Crippen LogP contribution in [0.3, 0.4) is 0 Å². The molecule has 2 rings (SSSR count). The van der Waals surface area contributed by atoms with E-state index in [-0.39, 0.29) is 0 Å². The van der Waals surface area contributed by atoms with E-state index >= 15 is 0 Å². The van der Waals surface area contributed by atoms with Crippen molar-refractivity contribution in [3.8, 4) is 0 Å². The summed E-state index contributed by atoms with van der Waals surface area (Å²) in [6, 6.07) is 6.56. The number of nitrogens with zero attached hydrogens (tertiary/aromatic N) is 2. The van der Waals surface area contributed by atoms with Gasteiger partial charge in [-0.25, -0.2) is 0 Å². The second-order valence-electron chi connectivity index (χ2n) is 4.24. The van der Waals surface area contributed by atoms with Gasteiger partial charge in [0.2, 0.25) is 0 Å². The summed E-state index contributed by atoms with van der Waals surface area (Å²) in [5.74, 6) is 0. The van der Waals surface area contributed by atoms with E-state index in [1.54, 1.807) is 6.20 Å². The summed E-state index contributed by atoms with van der Waals surface area (Å²) in [5.41, 5.74) is 2.55. The molecule has 0 spiro atoms. The number of aryl methyl sites for hydroxylation is 1. The summed E-state index contributed by atoms with van der Waals surface area (Å²) in [6.07, 6.45) is 8.02. The van der Waals surface area contributed by atoms with Crippen molar-refractivity contribution >= 4 is 0 Å². The van der Waals surface area contributed by atoms with E-state index in [4.69, 9.17) is 0 Å². The fourth-order valence-electron chi connectivity index (χ4n) is 1.81. The number of hydrogen-bond acceptors (Lipinski definition) is 2. The maximum Gasteiger partial charge on any atom is 0.0315 e. The molecular formula is C14H19N3. The molecule has 2 aromatic rings. The first-order valence-corrected chi connectivity index (χ1v) is 6.07. The van der Waals surface area contributed by atoms with Crippen LogP contribution in [0, 0.1) is 0 Å². The third-order valence-corrected chi connectivity index (χ3v) is 2.97. The predicted octanol–water partition coefficient (Wildman–Crippen LogP) is 2.75. The molecule has 3 nitrogen and oxygen atoms in total. The first-order chi connectivity index (χ1) is 8.29. The first kappa shape index (κ1) is 11.9. The molecule has 0 amide bonds. The fourth-order valence-corrected chi connectivity index (χ4v) is 1.81. The van der Waals surface area contributed by atoms with Gasteiger partial charge in [0.15, 0.2) is 0 Å². The van der Waals surface area contributed by atoms with Crippen molar-refractivity contribution in [3.63, 3.8) is 0 Å². The Morgan fingerprint density at radius 3 is 2.94 bits per heavy atom. The van der Waals surface area contributed by atoms with Crippen LogP contribution in [0.25, 0.3) is 0 Å². The van der Waals surface area contributed by atoms with Gasteiger partial charge in [-0.15, -0.1) is 0 Å². The predicted molar refractivity (Wildman–Crippen MR) is 69.6 cm³/mol. The molecule has 2 heterocycles. The molecule has 0 aliphatic carbocycles. The minimum absolute atomic E-state index is 0.327. The fraction of sp³-hybridized carbons (Fsp3) is 0.357. The zero-order chi connectivity index (χ0) is 12.1. The molecule has 0 aromatic carbocycles. The van der Waals surface area contributed by atoms with Crippen LogP contribution in [0.15, 0.2) is 43.0 Å². The van der Waals surface area contributed by atoms with E-state index < -0.39 is 0 Å². The number of aromatic nitrogens is 2. The molecule has 17 heavy (non-hydrogen) atoms. The first-order valence-electron chi connectivity index (χ1n) is 6.07. The van der Waals surface area contributed by atoms with Crippen LogP contribution in [0.5, 0.6) is 0 Å². The minimum atomic E-state index is 0.327. The summed E-state index contributed by atoms with van der Waals surface area (Å²) in [6.45, 7) is 6.23. The summed E-state index contributed by atoms with van der Waals surface area (Å²) in [4.78, 5) is 4.13. The highest BCUT2D eigenvalue weighted by molar-refractivity contribution is 5.14. The maximum absolute atomic E-state index is 4.13. The van der Waals surface area contributed by atoms with Gasteiger partial charge in [-0.3, -0.25) is 4.98 Å². The Kier molecular flexibility index (Phi) is 3.94. The Hall–Kier alpha value is -1.61. The topological polar surface area (TPSA) is 29.9 Å². The average Bonchev–Trinajstić information content (AvgIpc) is 2.85. The maximum atomic E-state index is 4.13. The van der Waals surface area contributed by atoms with Crippen LogP contribution < -0.4 is 5.32 Å². The van der Waals surface area contributed by atoms with Gasteiger partial charge in [0.05, 0.1) is 0 Å². The van der Waals surface area contributed by atoms with Gasteiger partial charge in [0.25, 0.3) is 0 Å². The second kappa shape index (κ2) is 5.64. The van der Waals surface area contributed by atoms with Gasteiger partial charge in [-0.05, 0) is 37.1 Å². The lowest BCUT2D eigenvalue weighted by Crippen LogP contribution is -2.17. The van der Waals surface area contributed by atoms with Gasteiger partial charge in [0, 0.05) is 43.9 Å². The molecule has 0 saturated carbocycles.